The zero-order valence-electron chi connectivity index (χ0n) is 12.2. The van der Waals surface area contributed by atoms with E-state index in [0.717, 1.165) is 25.2 Å². The van der Waals surface area contributed by atoms with Crippen LogP contribution < -0.4 is 10.2 Å². The lowest BCUT2D eigenvalue weighted by molar-refractivity contribution is -0.117. The lowest BCUT2D eigenvalue weighted by Crippen LogP contribution is -2.23. The van der Waals surface area contributed by atoms with Gasteiger partial charge in [0.1, 0.15) is 0 Å². The molecule has 2 heterocycles. The van der Waals surface area contributed by atoms with Crippen molar-refractivity contribution >= 4 is 22.9 Å². The minimum atomic E-state index is 0.243. The van der Waals surface area contributed by atoms with Gasteiger partial charge in [0, 0.05) is 31.2 Å². The van der Waals surface area contributed by atoms with Crippen molar-refractivity contribution in [2.24, 2.45) is 0 Å². The number of carbonyl (C=O) groups is 1. The van der Waals surface area contributed by atoms with Gasteiger partial charge in [0.15, 0.2) is 0 Å². The minimum absolute atomic E-state index is 0.243. The Bertz CT molecular complexity index is 592. The molecule has 1 aromatic heterocycles. The standard InChI is InChI=1S/C17H20N2OS/c1-13(15-8-10-21-12-15)18-11-14-4-6-16(7-5-14)19-9-2-3-17(19)20/h4-8,10,12-13,18H,2-3,9,11H2,1H3. The van der Waals surface area contributed by atoms with E-state index < -0.39 is 0 Å². The molecule has 0 aliphatic carbocycles. The van der Waals surface area contributed by atoms with Crippen molar-refractivity contribution in [2.75, 3.05) is 11.4 Å². The number of nitrogens with zero attached hydrogens (tertiary/aromatic N) is 1. The lowest BCUT2D eigenvalue weighted by atomic mass is 10.1. The Morgan fingerprint density at radius 1 is 1.29 bits per heavy atom. The summed E-state index contributed by atoms with van der Waals surface area (Å²) in [6, 6.07) is 10.8. The number of hydrogen-bond donors (Lipinski definition) is 1. The second kappa shape index (κ2) is 6.41. The minimum Gasteiger partial charge on any atom is -0.312 e. The molecule has 3 nitrogen and oxygen atoms in total. The van der Waals surface area contributed by atoms with Gasteiger partial charge in [-0.25, -0.2) is 0 Å². The van der Waals surface area contributed by atoms with Crippen LogP contribution >= 0.6 is 11.3 Å². The molecule has 110 valence electrons. The van der Waals surface area contributed by atoms with Gasteiger partial charge in [-0.3, -0.25) is 4.79 Å². The highest BCUT2D eigenvalue weighted by atomic mass is 32.1. The summed E-state index contributed by atoms with van der Waals surface area (Å²) in [6.07, 6.45) is 1.65. The molecule has 0 spiro atoms. The molecule has 1 atom stereocenters. The molecule has 1 aliphatic heterocycles. The first-order valence-electron chi connectivity index (χ1n) is 7.39. The molecule has 1 saturated heterocycles. The Balaban J connectivity index is 1.58. The van der Waals surface area contributed by atoms with Crippen LogP contribution in [0.15, 0.2) is 41.1 Å². The number of carbonyl (C=O) groups excluding carboxylic acids is 1. The molecule has 0 bridgehead atoms. The largest absolute Gasteiger partial charge is 0.312 e. The van der Waals surface area contributed by atoms with Gasteiger partial charge in [-0.15, -0.1) is 0 Å². The number of thiophene rings is 1. The summed E-state index contributed by atoms with van der Waals surface area (Å²) in [5.41, 5.74) is 3.60. The summed E-state index contributed by atoms with van der Waals surface area (Å²) in [7, 11) is 0. The van der Waals surface area contributed by atoms with E-state index in [1.165, 1.54) is 11.1 Å². The predicted molar refractivity (Wildman–Crippen MR) is 87.6 cm³/mol. The Morgan fingerprint density at radius 2 is 2.10 bits per heavy atom. The van der Waals surface area contributed by atoms with Crippen molar-refractivity contribution in [3.8, 4) is 0 Å². The number of amides is 1. The van der Waals surface area contributed by atoms with Crippen molar-refractivity contribution < 1.29 is 4.79 Å². The summed E-state index contributed by atoms with van der Waals surface area (Å²) in [5, 5.41) is 7.81. The Kier molecular flexibility index (Phi) is 4.36. The first-order chi connectivity index (χ1) is 10.2. The smallest absolute Gasteiger partial charge is 0.227 e. The molecule has 1 aliphatic rings. The third kappa shape index (κ3) is 3.34. The lowest BCUT2D eigenvalue weighted by Gasteiger charge is -2.17. The predicted octanol–water partition coefficient (Wildman–Crippen LogP) is 3.73. The van der Waals surface area contributed by atoms with Gasteiger partial charge >= 0.3 is 0 Å². The summed E-state index contributed by atoms with van der Waals surface area (Å²) < 4.78 is 0. The van der Waals surface area contributed by atoms with Crippen LogP contribution in [0.4, 0.5) is 5.69 Å². The Hall–Kier alpha value is -1.65. The average Bonchev–Trinajstić information content (AvgIpc) is 3.17. The fraction of sp³-hybridized carbons (Fsp3) is 0.353. The summed E-state index contributed by atoms with van der Waals surface area (Å²) >= 11 is 1.73. The quantitative estimate of drug-likeness (QED) is 0.912. The van der Waals surface area contributed by atoms with Crippen LogP contribution in [0.2, 0.25) is 0 Å². The van der Waals surface area contributed by atoms with Gasteiger partial charge in [0.05, 0.1) is 0 Å². The maximum atomic E-state index is 11.7. The molecule has 2 aromatic rings. The molecule has 3 rings (SSSR count). The van der Waals surface area contributed by atoms with E-state index in [2.05, 4.69) is 53.3 Å². The van der Waals surface area contributed by atoms with Gasteiger partial charge in [0.25, 0.3) is 0 Å². The van der Waals surface area contributed by atoms with Gasteiger partial charge in [-0.05, 0) is 53.4 Å². The molecule has 4 heteroatoms. The molecular formula is C17H20N2OS. The zero-order valence-corrected chi connectivity index (χ0v) is 13.0. The second-order valence-electron chi connectivity index (χ2n) is 5.47. The van der Waals surface area contributed by atoms with Crippen molar-refractivity contribution in [1.82, 2.24) is 5.32 Å². The van der Waals surface area contributed by atoms with Crippen LogP contribution in [0.25, 0.3) is 0 Å². The van der Waals surface area contributed by atoms with Gasteiger partial charge in [-0.2, -0.15) is 11.3 Å². The molecule has 1 unspecified atom stereocenters. The van der Waals surface area contributed by atoms with Crippen molar-refractivity contribution in [3.05, 3.63) is 52.2 Å². The molecule has 0 radical (unpaired) electrons. The molecule has 0 saturated carbocycles. The van der Waals surface area contributed by atoms with Crippen LogP contribution in [-0.4, -0.2) is 12.5 Å². The first kappa shape index (κ1) is 14.3. The van der Waals surface area contributed by atoms with E-state index in [1.54, 1.807) is 11.3 Å². The van der Waals surface area contributed by atoms with Crippen LogP contribution in [0, 0.1) is 0 Å². The second-order valence-corrected chi connectivity index (χ2v) is 6.25. The molecule has 1 amide bonds. The van der Waals surface area contributed by atoms with Gasteiger partial charge in [0.2, 0.25) is 5.91 Å². The number of benzene rings is 1. The maximum Gasteiger partial charge on any atom is 0.227 e. The van der Waals surface area contributed by atoms with E-state index >= 15 is 0 Å². The van der Waals surface area contributed by atoms with E-state index in [9.17, 15) is 4.79 Å². The molecule has 1 fully saturated rings. The zero-order chi connectivity index (χ0) is 14.7. The Morgan fingerprint density at radius 3 is 2.71 bits per heavy atom. The van der Waals surface area contributed by atoms with Crippen LogP contribution in [0.3, 0.4) is 0 Å². The van der Waals surface area contributed by atoms with Gasteiger partial charge < -0.3 is 10.2 Å². The number of anilines is 1. The van der Waals surface area contributed by atoms with E-state index in [0.29, 0.717) is 12.5 Å². The number of nitrogens with one attached hydrogen (secondary N) is 1. The van der Waals surface area contributed by atoms with Crippen molar-refractivity contribution in [2.45, 2.75) is 32.4 Å². The van der Waals surface area contributed by atoms with Crippen LogP contribution in [0.5, 0.6) is 0 Å². The topological polar surface area (TPSA) is 32.3 Å². The summed E-state index contributed by atoms with van der Waals surface area (Å²) in [4.78, 5) is 13.6. The van der Waals surface area contributed by atoms with Crippen molar-refractivity contribution in [1.29, 1.82) is 0 Å². The average molecular weight is 300 g/mol. The molecular weight excluding hydrogens is 280 g/mol. The maximum absolute atomic E-state index is 11.7. The van der Waals surface area contributed by atoms with E-state index in [-0.39, 0.29) is 5.91 Å². The normalized spacial score (nSPS) is 16.4. The van der Waals surface area contributed by atoms with Gasteiger partial charge in [-0.1, -0.05) is 12.1 Å². The van der Waals surface area contributed by atoms with E-state index in [4.69, 9.17) is 0 Å². The Labute approximate surface area is 129 Å². The third-order valence-corrected chi connectivity index (χ3v) is 4.68. The molecule has 21 heavy (non-hydrogen) atoms. The number of rotatable bonds is 5. The monoisotopic (exact) mass is 300 g/mol. The first-order valence-corrected chi connectivity index (χ1v) is 8.33. The summed E-state index contributed by atoms with van der Waals surface area (Å²) in [5.74, 6) is 0.243. The highest BCUT2D eigenvalue weighted by molar-refractivity contribution is 7.07. The summed E-state index contributed by atoms with van der Waals surface area (Å²) in [6.45, 7) is 3.87. The highest BCUT2D eigenvalue weighted by Gasteiger charge is 2.21. The molecule has 1 N–H and O–H groups in total. The molecule has 1 aromatic carbocycles. The highest BCUT2D eigenvalue weighted by Crippen LogP contribution is 2.22. The fourth-order valence-corrected chi connectivity index (χ4v) is 3.38. The van der Waals surface area contributed by atoms with E-state index in [1.807, 2.05) is 4.90 Å². The van der Waals surface area contributed by atoms with Crippen molar-refractivity contribution in [3.63, 3.8) is 0 Å². The van der Waals surface area contributed by atoms with Crippen LogP contribution in [0.1, 0.15) is 36.9 Å². The van der Waals surface area contributed by atoms with Crippen LogP contribution in [-0.2, 0) is 11.3 Å². The third-order valence-electron chi connectivity index (χ3n) is 3.98. The SMILES string of the molecule is CC(NCc1ccc(N2CCCC2=O)cc1)c1ccsc1. The fourth-order valence-electron chi connectivity index (χ4n) is 2.63. The number of hydrogen-bond acceptors (Lipinski definition) is 3.